The Morgan fingerprint density at radius 2 is 1.84 bits per heavy atom. The molecule has 3 rings (SSSR count). The molecule has 0 aliphatic rings. The highest BCUT2D eigenvalue weighted by molar-refractivity contribution is 5.90. The lowest BCUT2D eigenvalue weighted by Crippen LogP contribution is -2.22. The molecule has 0 atom stereocenters. The van der Waals surface area contributed by atoms with Crippen LogP contribution in [0.25, 0.3) is 17.5 Å². The van der Waals surface area contributed by atoms with Crippen molar-refractivity contribution in [1.82, 2.24) is 4.98 Å². The Morgan fingerprint density at radius 1 is 1.09 bits per heavy atom. The quantitative estimate of drug-likeness (QED) is 0.267. The third-order valence-electron chi connectivity index (χ3n) is 4.51. The van der Waals surface area contributed by atoms with E-state index in [9.17, 15) is 9.59 Å². The first-order valence-electron chi connectivity index (χ1n) is 10.4. The van der Waals surface area contributed by atoms with Gasteiger partial charge in [0.1, 0.15) is 17.1 Å². The van der Waals surface area contributed by atoms with E-state index in [4.69, 9.17) is 13.9 Å². The summed E-state index contributed by atoms with van der Waals surface area (Å²) in [7, 11) is 0. The summed E-state index contributed by atoms with van der Waals surface area (Å²) in [6.45, 7) is 7.65. The Morgan fingerprint density at radius 3 is 2.53 bits per heavy atom. The highest BCUT2D eigenvalue weighted by Crippen LogP contribution is 2.23. The summed E-state index contributed by atoms with van der Waals surface area (Å²) in [6.07, 6.45) is 4.17. The molecule has 166 valence electrons. The molecular weight excluding hydrogens is 406 g/mol. The number of hydrogen-bond donors (Lipinski definition) is 0. The van der Waals surface area contributed by atoms with Crippen molar-refractivity contribution in [3.05, 3.63) is 77.2 Å². The van der Waals surface area contributed by atoms with Crippen molar-refractivity contribution in [1.29, 1.82) is 0 Å². The first-order valence-corrected chi connectivity index (χ1v) is 10.4. The molecule has 6 heteroatoms. The maximum absolute atomic E-state index is 11.9. The third-order valence-corrected chi connectivity index (χ3v) is 4.51. The van der Waals surface area contributed by atoms with Gasteiger partial charge in [-0.1, -0.05) is 24.3 Å². The topological polar surface area (TPSA) is 78.6 Å². The molecule has 3 aromatic rings. The van der Waals surface area contributed by atoms with Crippen LogP contribution >= 0.6 is 0 Å². The second-order valence-electron chi connectivity index (χ2n) is 8.26. The molecule has 0 saturated heterocycles. The van der Waals surface area contributed by atoms with Gasteiger partial charge in [-0.3, -0.25) is 4.79 Å². The number of rotatable bonds is 8. The molecule has 0 bridgehead atoms. The standard InChI is InChI=1S/C26H27NO5/c1-18-23(27-25(31-18)20-8-6-5-7-9-20)14-15-30-22-12-10-19(21(16-22)17-28)11-13-24(29)32-26(2,3)4/h5-13,16-17H,14-15H2,1-4H3. The molecule has 0 aliphatic heterocycles. The van der Waals surface area contributed by atoms with Crippen molar-refractivity contribution in [2.45, 2.75) is 39.7 Å². The van der Waals surface area contributed by atoms with E-state index in [2.05, 4.69) is 4.98 Å². The number of carbonyl (C=O) groups is 2. The molecule has 6 nitrogen and oxygen atoms in total. The van der Waals surface area contributed by atoms with Gasteiger partial charge in [-0.05, 0) is 63.6 Å². The first kappa shape index (κ1) is 23.0. The predicted octanol–water partition coefficient (Wildman–Crippen LogP) is 5.44. The van der Waals surface area contributed by atoms with Crippen LogP contribution in [0.3, 0.4) is 0 Å². The molecule has 32 heavy (non-hydrogen) atoms. The lowest BCUT2D eigenvalue weighted by Gasteiger charge is -2.17. The zero-order chi connectivity index (χ0) is 23.1. The molecule has 0 aliphatic carbocycles. The van der Waals surface area contributed by atoms with E-state index < -0.39 is 11.6 Å². The van der Waals surface area contributed by atoms with Gasteiger partial charge in [0, 0.05) is 23.6 Å². The zero-order valence-electron chi connectivity index (χ0n) is 18.8. The monoisotopic (exact) mass is 433 g/mol. The Kier molecular flexibility index (Phi) is 7.25. The van der Waals surface area contributed by atoms with Crippen molar-refractivity contribution in [2.24, 2.45) is 0 Å². The summed E-state index contributed by atoms with van der Waals surface area (Å²) in [5.41, 5.74) is 2.21. The van der Waals surface area contributed by atoms with E-state index in [1.54, 1.807) is 45.0 Å². The zero-order valence-corrected chi connectivity index (χ0v) is 18.8. The molecular formula is C26H27NO5. The minimum atomic E-state index is -0.573. The van der Waals surface area contributed by atoms with Crippen LogP contribution < -0.4 is 4.74 Å². The average Bonchev–Trinajstić information content (AvgIpc) is 3.12. The van der Waals surface area contributed by atoms with E-state index in [-0.39, 0.29) is 0 Å². The number of hydrogen-bond acceptors (Lipinski definition) is 6. The first-order chi connectivity index (χ1) is 15.2. The molecule has 1 heterocycles. The molecule has 0 amide bonds. The Hall–Kier alpha value is -3.67. The smallest absolute Gasteiger partial charge is 0.331 e. The summed E-state index contributed by atoms with van der Waals surface area (Å²) >= 11 is 0. The summed E-state index contributed by atoms with van der Waals surface area (Å²) in [5, 5.41) is 0. The summed E-state index contributed by atoms with van der Waals surface area (Å²) in [6, 6.07) is 14.9. The van der Waals surface area contributed by atoms with Crippen molar-refractivity contribution in [2.75, 3.05) is 6.61 Å². The van der Waals surface area contributed by atoms with Crippen LogP contribution in [0.15, 0.2) is 59.0 Å². The number of esters is 1. The van der Waals surface area contributed by atoms with Crippen molar-refractivity contribution >= 4 is 18.3 Å². The highest BCUT2D eigenvalue weighted by Gasteiger charge is 2.14. The Labute approximate surface area is 187 Å². The Balaban J connectivity index is 1.61. The normalized spacial score (nSPS) is 11.5. The van der Waals surface area contributed by atoms with Crippen LogP contribution in [-0.2, 0) is 16.0 Å². The van der Waals surface area contributed by atoms with Gasteiger partial charge in [0.2, 0.25) is 5.89 Å². The van der Waals surface area contributed by atoms with Gasteiger partial charge < -0.3 is 13.9 Å². The highest BCUT2D eigenvalue weighted by atomic mass is 16.6. The number of aryl methyl sites for hydroxylation is 1. The number of ether oxygens (including phenoxy) is 2. The molecule has 0 fully saturated rings. The summed E-state index contributed by atoms with van der Waals surface area (Å²) in [5.74, 6) is 1.43. The van der Waals surface area contributed by atoms with Crippen LogP contribution in [0.2, 0.25) is 0 Å². The third kappa shape index (κ3) is 6.41. The second-order valence-corrected chi connectivity index (χ2v) is 8.26. The van der Waals surface area contributed by atoms with E-state index in [1.165, 1.54) is 6.08 Å². The SMILES string of the molecule is Cc1oc(-c2ccccc2)nc1CCOc1ccc(C=CC(=O)OC(C)(C)C)c(C=O)c1. The van der Waals surface area contributed by atoms with Crippen molar-refractivity contribution < 1.29 is 23.5 Å². The predicted molar refractivity (Wildman–Crippen MR) is 123 cm³/mol. The van der Waals surface area contributed by atoms with Gasteiger partial charge in [-0.25, -0.2) is 9.78 Å². The molecule has 0 unspecified atom stereocenters. The number of oxazole rings is 1. The number of benzene rings is 2. The molecule has 0 spiro atoms. The lowest BCUT2D eigenvalue weighted by molar-refractivity contribution is -0.148. The van der Waals surface area contributed by atoms with Crippen molar-refractivity contribution in [3.63, 3.8) is 0 Å². The van der Waals surface area contributed by atoms with Crippen LogP contribution in [0.5, 0.6) is 5.75 Å². The van der Waals surface area contributed by atoms with Crippen LogP contribution in [0.4, 0.5) is 0 Å². The number of carbonyl (C=O) groups excluding carboxylic acids is 2. The van der Waals surface area contributed by atoms with E-state index in [0.717, 1.165) is 23.3 Å². The number of nitrogens with zero attached hydrogens (tertiary/aromatic N) is 1. The van der Waals surface area contributed by atoms with E-state index >= 15 is 0 Å². The minimum absolute atomic E-state index is 0.382. The number of aromatic nitrogens is 1. The van der Waals surface area contributed by atoms with Crippen LogP contribution in [0, 0.1) is 6.92 Å². The van der Waals surface area contributed by atoms with Gasteiger partial charge >= 0.3 is 5.97 Å². The fourth-order valence-electron chi connectivity index (χ4n) is 3.02. The number of aldehydes is 1. The molecule has 2 aromatic carbocycles. The lowest BCUT2D eigenvalue weighted by atomic mass is 10.1. The largest absolute Gasteiger partial charge is 0.493 e. The van der Waals surface area contributed by atoms with Gasteiger partial charge in [0.05, 0.1) is 12.3 Å². The molecule has 0 radical (unpaired) electrons. The van der Waals surface area contributed by atoms with Gasteiger partial charge in [-0.15, -0.1) is 0 Å². The Bertz CT molecular complexity index is 1110. The second kappa shape index (κ2) is 10.1. The maximum Gasteiger partial charge on any atom is 0.331 e. The average molecular weight is 434 g/mol. The van der Waals surface area contributed by atoms with Crippen LogP contribution in [-0.4, -0.2) is 29.4 Å². The maximum atomic E-state index is 11.9. The van der Waals surface area contributed by atoms with Gasteiger partial charge in [0.15, 0.2) is 6.29 Å². The van der Waals surface area contributed by atoms with Crippen LogP contribution in [0.1, 0.15) is 48.1 Å². The molecule has 1 aromatic heterocycles. The van der Waals surface area contributed by atoms with Gasteiger partial charge in [-0.2, -0.15) is 0 Å². The minimum Gasteiger partial charge on any atom is -0.493 e. The fraction of sp³-hybridized carbons (Fsp3) is 0.269. The van der Waals surface area contributed by atoms with E-state index in [0.29, 0.717) is 35.8 Å². The fourth-order valence-corrected chi connectivity index (χ4v) is 3.02. The van der Waals surface area contributed by atoms with Crippen molar-refractivity contribution in [3.8, 4) is 17.2 Å². The van der Waals surface area contributed by atoms with Gasteiger partial charge in [0.25, 0.3) is 0 Å². The molecule has 0 saturated carbocycles. The molecule has 0 N–H and O–H groups in total. The summed E-state index contributed by atoms with van der Waals surface area (Å²) < 4.78 is 16.8. The summed E-state index contributed by atoms with van der Waals surface area (Å²) in [4.78, 5) is 27.9. The van der Waals surface area contributed by atoms with E-state index in [1.807, 2.05) is 37.3 Å².